The quantitative estimate of drug-likeness (QED) is 0.227. The van der Waals surface area contributed by atoms with Crippen molar-refractivity contribution in [2.24, 2.45) is 0 Å². The molecular weight excluding hydrogens is 535 g/mol. The molecule has 0 aliphatic heterocycles. The normalized spacial score (nSPS) is 11.4. The smallest absolute Gasteiger partial charge is 0.261 e. The molecule has 0 aliphatic rings. The third-order valence-electron chi connectivity index (χ3n) is 6.08. The van der Waals surface area contributed by atoms with E-state index in [-0.39, 0.29) is 31.5 Å². The van der Waals surface area contributed by atoms with Crippen molar-refractivity contribution in [2.75, 3.05) is 13.7 Å². The first-order chi connectivity index (χ1) is 18.9. The summed E-state index contributed by atoms with van der Waals surface area (Å²) in [6.07, 6.45) is 0. The molecule has 0 heterocycles. The number of hydrogen-bond acceptors (Lipinski definition) is 4. The van der Waals surface area contributed by atoms with E-state index in [9.17, 15) is 9.59 Å². The molecule has 0 bridgehead atoms. The maximum absolute atomic E-state index is 13.8. The van der Waals surface area contributed by atoms with Crippen LogP contribution < -0.4 is 14.8 Å². The van der Waals surface area contributed by atoms with Crippen LogP contribution in [0.2, 0.25) is 10.0 Å². The maximum atomic E-state index is 13.8. The highest BCUT2D eigenvalue weighted by Gasteiger charge is 2.32. The number of hydrogen-bond donors (Lipinski definition) is 1. The lowest BCUT2D eigenvalue weighted by Gasteiger charge is -2.31. The SMILES string of the molecule is COc1ccc(CN(C(=O)COc2ccccc2)[C@@H](C(=O)NCc2ccc(Cl)cc2Cl)c2ccccc2)cc1. The van der Waals surface area contributed by atoms with Crippen molar-refractivity contribution in [2.45, 2.75) is 19.1 Å². The van der Waals surface area contributed by atoms with Crippen molar-refractivity contribution >= 4 is 35.0 Å². The number of halogens is 2. The van der Waals surface area contributed by atoms with Gasteiger partial charge in [-0.1, -0.05) is 89.9 Å². The monoisotopic (exact) mass is 562 g/mol. The first-order valence-corrected chi connectivity index (χ1v) is 13.1. The molecule has 0 aliphatic carbocycles. The Balaban J connectivity index is 1.64. The van der Waals surface area contributed by atoms with Crippen LogP contribution in [0.4, 0.5) is 0 Å². The van der Waals surface area contributed by atoms with Crippen LogP contribution in [0.25, 0.3) is 0 Å². The number of benzene rings is 4. The molecule has 1 atom stereocenters. The summed E-state index contributed by atoms with van der Waals surface area (Å²) in [4.78, 5) is 29.0. The summed E-state index contributed by atoms with van der Waals surface area (Å²) in [6, 6.07) is 29.8. The summed E-state index contributed by atoms with van der Waals surface area (Å²) in [7, 11) is 1.59. The Morgan fingerprint density at radius 2 is 1.51 bits per heavy atom. The minimum atomic E-state index is -0.925. The van der Waals surface area contributed by atoms with Crippen molar-refractivity contribution in [3.8, 4) is 11.5 Å². The molecule has 0 unspecified atom stereocenters. The van der Waals surface area contributed by atoms with Crippen molar-refractivity contribution in [1.82, 2.24) is 10.2 Å². The van der Waals surface area contributed by atoms with Crippen molar-refractivity contribution in [1.29, 1.82) is 0 Å². The molecule has 2 amide bonds. The van der Waals surface area contributed by atoms with Crippen molar-refractivity contribution in [3.05, 3.63) is 130 Å². The molecule has 1 N–H and O–H groups in total. The van der Waals surface area contributed by atoms with Crippen LogP contribution in [0.15, 0.2) is 103 Å². The molecule has 39 heavy (non-hydrogen) atoms. The Bertz CT molecular complexity index is 1380. The van der Waals surface area contributed by atoms with Gasteiger partial charge >= 0.3 is 0 Å². The van der Waals surface area contributed by atoms with Gasteiger partial charge in [0.2, 0.25) is 5.91 Å². The summed E-state index contributed by atoms with van der Waals surface area (Å²) in [5, 5.41) is 3.90. The molecule has 0 fully saturated rings. The van der Waals surface area contributed by atoms with Gasteiger partial charge in [0.15, 0.2) is 6.61 Å². The Morgan fingerprint density at radius 1 is 0.846 bits per heavy atom. The molecule has 4 rings (SSSR count). The highest BCUT2D eigenvalue weighted by Crippen LogP contribution is 2.26. The van der Waals surface area contributed by atoms with Gasteiger partial charge in [0.05, 0.1) is 7.11 Å². The molecule has 8 heteroatoms. The molecular formula is C31H28Cl2N2O4. The number of nitrogens with zero attached hydrogens (tertiary/aromatic N) is 1. The zero-order chi connectivity index (χ0) is 27.6. The van der Waals surface area contributed by atoms with E-state index in [4.69, 9.17) is 32.7 Å². The Hall–Kier alpha value is -4.00. The van der Waals surface area contributed by atoms with Crippen LogP contribution in [0.3, 0.4) is 0 Å². The summed E-state index contributed by atoms with van der Waals surface area (Å²) in [5.74, 6) is 0.562. The Kier molecular flexibility index (Phi) is 9.84. The van der Waals surface area contributed by atoms with Crippen LogP contribution in [-0.4, -0.2) is 30.4 Å². The first kappa shape index (κ1) is 28.0. The Morgan fingerprint density at radius 3 is 2.15 bits per heavy atom. The summed E-state index contributed by atoms with van der Waals surface area (Å²) in [5.41, 5.74) is 2.21. The predicted octanol–water partition coefficient (Wildman–Crippen LogP) is 6.47. The highest BCUT2D eigenvalue weighted by atomic mass is 35.5. The number of para-hydroxylation sites is 1. The minimum absolute atomic E-state index is 0.170. The van der Waals surface area contributed by atoms with Crippen LogP contribution in [-0.2, 0) is 22.7 Å². The van der Waals surface area contributed by atoms with Crippen LogP contribution >= 0.6 is 23.2 Å². The minimum Gasteiger partial charge on any atom is -0.497 e. The van der Waals surface area contributed by atoms with Crippen molar-refractivity contribution < 1.29 is 19.1 Å². The molecule has 0 saturated heterocycles. The lowest BCUT2D eigenvalue weighted by atomic mass is 10.0. The van der Waals surface area contributed by atoms with E-state index in [0.717, 1.165) is 5.56 Å². The lowest BCUT2D eigenvalue weighted by molar-refractivity contribution is -0.143. The number of rotatable bonds is 11. The second kappa shape index (κ2) is 13.7. The van der Waals surface area contributed by atoms with E-state index in [1.54, 1.807) is 37.4 Å². The van der Waals surface area contributed by atoms with Crippen LogP contribution in [0, 0.1) is 0 Å². The topological polar surface area (TPSA) is 67.9 Å². The van der Waals surface area contributed by atoms with Gasteiger partial charge in [-0.2, -0.15) is 0 Å². The van der Waals surface area contributed by atoms with Crippen LogP contribution in [0.5, 0.6) is 11.5 Å². The average molecular weight is 563 g/mol. The number of methoxy groups -OCH3 is 1. The molecule has 4 aromatic rings. The predicted molar refractivity (Wildman–Crippen MR) is 153 cm³/mol. The van der Waals surface area contributed by atoms with E-state index < -0.39 is 6.04 Å². The van der Waals surface area contributed by atoms with E-state index in [1.165, 1.54) is 4.90 Å². The summed E-state index contributed by atoms with van der Waals surface area (Å²) >= 11 is 12.3. The van der Waals surface area contributed by atoms with Gasteiger partial charge in [0, 0.05) is 23.1 Å². The Labute approximate surface area is 238 Å². The fourth-order valence-corrected chi connectivity index (χ4v) is 4.52. The number of nitrogens with one attached hydrogen (secondary N) is 1. The van der Waals surface area contributed by atoms with E-state index in [1.807, 2.05) is 72.8 Å². The molecule has 200 valence electrons. The molecule has 0 saturated carbocycles. The average Bonchev–Trinajstić information content (AvgIpc) is 2.96. The summed E-state index contributed by atoms with van der Waals surface area (Å²) in [6.45, 7) is 0.110. The standard InChI is InChI=1S/C31H28Cl2N2O4/c1-38-26-16-12-22(13-17-26)20-35(29(36)21-39-27-10-6-3-7-11-27)30(23-8-4-2-5-9-23)31(37)34-19-24-14-15-25(32)18-28(24)33/h2-18,30H,19-21H2,1H3,(H,34,37)/t30-/m1/s1. The zero-order valence-corrected chi connectivity index (χ0v) is 22.9. The van der Waals surface area contributed by atoms with Crippen LogP contribution in [0.1, 0.15) is 22.7 Å². The highest BCUT2D eigenvalue weighted by molar-refractivity contribution is 6.35. The molecule has 0 aromatic heterocycles. The van der Waals surface area contributed by atoms with Gasteiger partial charge in [0.1, 0.15) is 17.5 Å². The maximum Gasteiger partial charge on any atom is 0.261 e. The third kappa shape index (κ3) is 7.76. The van der Waals surface area contributed by atoms with Gasteiger partial charge in [0.25, 0.3) is 5.91 Å². The summed E-state index contributed by atoms with van der Waals surface area (Å²) < 4.78 is 11.0. The fraction of sp³-hybridized carbons (Fsp3) is 0.161. The van der Waals surface area contributed by atoms with E-state index in [2.05, 4.69) is 5.32 Å². The first-order valence-electron chi connectivity index (χ1n) is 12.3. The van der Waals surface area contributed by atoms with E-state index >= 15 is 0 Å². The van der Waals surface area contributed by atoms with Gasteiger partial charge < -0.3 is 19.7 Å². The molecule has 6 nitrogen and oxygen atoms in total. The van der Waals surface area contributed by atoms with Gasteiger partial charge in [-0.3, -0.25) is 9.59 Å². The number of amides is 2. The number of carbonyl (C=O) groups excluding carboxylic acids is 2. The van der Waals surface area contributed by atoms with E-state index in [0.29, 0.717) is 32.7 Å². The second-order valence-corrected chi connectivity index (χ2v) is 9.58. The van der Waals surface area contributed by atoms with Crippen molar-refractivity contribution in [3.63, 3.8) is 0 Å². The molecule has 0 radical (unpaired) electrons. The third-order valence-corrected chi connectivity index (χ3v) is 6.67. The molecule has 0 spiro atoms. The molecule has 4 aromatic carbocycles. The fourth-order valence-electron chi connectivity index (χ4n) is 4.05. The lowest BCUT2D eigenvalue weighted by Crippen LogP contribution is -2.45. The number of ether oxygens (including phenoxy) is 2. The largest absolute Gasteiger partial charge is 0.497 e. The number of carbonyl (C=O) groups is 2. The van der Waals surface area contributed by atoms with Gasteiger partial charge in [-0.15, -0.1) is 0 Å². The second-order valence-electron chi connectivity index (χ2n) is 8.74. The zero-order valence-electron chi connectivity index (χ0n) is 21.3. The van der Waals surface area contributed by atoms with Gasteiger partial charge in [-0.05, 0) is 53.1 Å². The van der Waals surface area contributed by atoms with Gasteiger partial charge in [-0.25, -0.2) is 0 Å².